The lowest BCUT2D eigenvalue weighted by molar-refractivity contribution is 0.0383. The average molecular weight is 414 g/mol. The highest BCUT2D eigenvalue weighted by atomic mass is 16.5. The molecule has 1 aliphatic rings. The lowest BCUT2D eigenvalue weighted by Crippen LogP contribution is -2.41. The predicted octanol–water partition coefficient (Wildman–Crippen LogP) is 2.39. The molecule has 1 aliphatic heterocycles. The van der Waals surface area contributed by atoms with Crippen LogP contribution in [0.1, 0.15) is 44.6 Å². The number of carbonyl (C=O) groups is 2. The van der Waals surface area contributed by atoms with Crippen molar-refractivity contribution in [3.05, 3.63) is 58.4 Å². The Balaban J connectivity index is 1.81. The number of benzene rings is 1. The van der Waals surface area contributed by atoms with Gasteiger partial charge in [0.25, 0.3) is 5.91 Å². The van der Waals surface area contributed by atoms with Gasteiger partial charge in [-0.3, -0.25) is 9.69 Å². The molecule has 0 radical (unpaired) electrons. The van der Waals surface area contributed by atoms with Crippen molar-refractivity contribution < 1.29 is 19.1 Å². The fourth-order valence-electron chi connectivity index (χ4n) is 3.90. The zero-order valence-electron chi connectivity index (χ0n) is 18.1. The van der Waals surface area contributed by atoms with Crippen LogP contribution in [0.15, 0.2) is 30.3 Å². The number of carbonyl (C=O) groups excluding carboxylic acids is 2. The van der Waals surface area contributed by atoms with Gasteiger partial charge in [0, 0.05) is 38.4 Å². The van der Waals surface area contributed by atoms with Crippen molar-refractivity contribution in [3.63, 3.8) is 0 Å². The summed E-state index contributed by atoms with van der Waals surface area (Å²) < 4.78 is 12.5. The van der Waals surface area contributed by atoms with Gasteiger partial charge in [-0.15, -0.1) is 0 Å². The summed E-state index contributed by atoms with van der Waals surface area (Å²) in [5.74, 6) is -0.558. The van der Waals surface area contributed by atoms with E-state index in [0.29, 0.717) is 29.9 Å². The number of hydrogen-bond acceptors (Lipinski definition) is 5. The van der Waals surface area contributed by atoms with Crippen molar-refractivity contribution in [2.75, 3.05) is 46.0 Å². The highest BCUT2D eigenvalue weighted by molar-refractivity contribution is 6.01. The molecule has 0 saturated carbocycles. The van der Waals surface area contributed by atoms with Gasteiger partial charge in [-0.05, 0) is 31.9 Å². The topological polar surface area (TPSA) is 72.8 Å². The second-order valence-electron chi connectivity index (χ2n) is 7.44. The Bertz CT molecular complexity index is 870. The van der Waals surface area contributed by atoms with E-state index >= 15 is 0 Å². The molecule has 2 heterocycles. The van der Waals surface area contributed by atoms with Gasteiger partial charge in [-0.2, -0.15) is 0 Å². The van der Waals surface area contributed by atoms with Gasteiger partial charge >= 0.3 is 5.97 Å². The zero-order chi connectivity index (χ0) is 21.5. The normalized spacial score (nSPS) is 14.5. The summed E-state index contributed by atoms with van der Waals surface area (Å²) in [5.41, 5.74) is 3.47. The smallest absolute Gasteiger partial charge is 0.355 e. The summed E-state index contributed by atoms with van der Waals surface area (Å²) in [4.78, 5) is 28.0. The number of aromatic nitrogens is 1. The van der Waals surface area contributed by atoms with Crippen LogP contribution in [-0.4, -0.2) is 67.3 Å². The monoisotopic (exact) mass is 413 g/mol. The van der Waals surface area contributed by atoms with Crippen molar-refractivity contribution in [1.29, 1.82) is 0 Å². The second-order valence-corrected chi connectivity index (χ2v) is 7.44. The molecule has 1 aromatic heterocycles. The van der Waals surface area contributed by atoms with Crippen LogP contribution in [0.4, 0.5) is 0 Å². The van der Waals surface area contributed by atoms with Gasteiger partial charge in [0.05, 0.1) is 25.4 Å². The maximum atomic E-state index is 13.0. The van der Waals surface area contributed by atoms with Crippen molar-refractivity contribution in [1.82, 2.24) is 14.8 Å². The molecule has 162 valence electrons. The van der Waals surface area contributed by atoms with Crippen LogP contribution in [0.5, 0.6) is 0 Å². The van der Waals surface area contributed by atoms with E-state index in [1.54, 1.807) is 6.92 Å². The Labute approximate surface area is 178 Å². The SMILES string of the molecule is CCOC(=O)c1c(C)c(C(=O)NCCN2CCOCC2)c(C)n1Cc1ccccc1. The molecule has 3 rings (SSSR count). The first-order valence-corrected chi connectivity index (χ1v) is 10.5. The van der Waals surface area contributed by atoms with Gasteiger partial charge in [0.1, 0.15) is 5.69 Å². The molecule has 0 atom stereocenters. The Morgan fingerprint density at radius 2 is 1.83 bits per heavy atom. The van der Waals surface area contributed by atoms with E-state index in [1.165, 1.54) is 0 Å². The lowest BCUT2D eigenvalue weighted by atomic mass is 10.1. The molecule has 0 unspecified atom stereocenters. The van der Waals surface area contributed by atoms with Gasteiger partial charge in [0.2, 0.25) is 0 Å². The Kier molecular flexibility index (Phi) is 7.65. The summed E-state index contributed by atoms with van der Waals surface area (Å²) >= 11 is 0. The number of ether oxygens (including phenoxy) is 2. The van der Waals surface area contributed by atoms with Crippen molar-refractivity contribution in [3.8, 4) is 0 Å². The van der Waals surface area contributed by atoms with E-state index in [0.717, 1.165) is 44.1 Å². The number of amides is 1. The van der Waals surface area contributed by atoms with Crippen LogP contribution in [0, 0.1) is 13.8 Å². The maximum Gasteiger partial charge on any atom is 0.355 e. The van der Waals surface area contributed by atoms with E-state index in [-0.39, 0.29) is 12.5 Å². The number of esters is 1. The Morgan fingerprint density at radius 1 is 1.13 bits per heavy atom. The summed E-state index contributed by atoms with van der Waals surface area (Å²) in [6, 6.07) is 9.89. The van der Waals surface area contributed by atoms with Gasteiger partial charge in [-0.1, -0.05) is 30.3 Å². The first kappa shape index (κ1) is 22.1. The molecule has 1 amide bonds. The minimum Gasteiger partial charge on any atom is -0.461 e. The van der Waals surface area contributed by atoms with Gasteiger partial charge < -0.3 is 19.4 Å². The van der Waals surface area contributed by atoms with Crippen LogP contribution in [0.2, 0.25) is 0 Å². The third-order valence-electron chi connectivity index (χ3n) is 5.46. The molecule has 1 N–H and O–H groups in total. The van der Waals surface area contributed by atoms with E-state index in [1.807, 2.05) is 48.7 Å². The third kappa shape index (κ3) is 5.09. The van der Waals surface area contributed by atoms with Gasteiger partial charge in [0.15, 0.2) is 0 Å². The average Bonchev–Trinajstić information content (AvgIpc) is 2.99. The van der Waals surface area contributed by atoms with Crippen LogP contribution < -0.4 is 5.32 Å². The summed E-state index contributed by atoms with van der Waals surface area (Å²) in [7, 11) is 0. The maximum absolute atomic E-state index is 13.0. The van der Waals surface area contributed by atoms with Crippen molar-refractivity contribution >= 4 is 11.9 Å². The van der Waals surface area contributed by atoms with E-state index in [9.17, 15) is 9.59 Å². The summed E-state index contributed by atoms with van der Waals surface area (Å²) in [5, 5.41) is 3.02. The molecule has 0 spiro atoms. The number of hydrogen-bond donors (Lipinski definition) is 1. The highest BCUT2D eigenvalue weighted by Crippen LogP contribution is 2.24. The van der Waals surface area contributed by atoms with Crippen LogP contribution >= 0.6 is 0 Å². The van der Waals surface area contributed by atoms with Crippen LogP contribution in [0.3, 0.4) is 0 Å². The summed E-state index contributed by atoms with van der Waals surface area (Å²) in [6.07, 6.45) is 0. The van der Waals surface area contributed by atoms with E-state index in [2.05, 4.69) is 10.2 Å². The summed E-state index contributed by atoms with van der Waals surface area (Å²) in [6.45, 7) is 10.8. The van der Waals surface area contributed by atoms with Crippen LogP contribution in [-0.2, 0) is 16.0 Å². The second kappa shape index (κ2) is 10.4. The minimum atomic E-state index is -0.401. The standard InChI is InChI=1S/C23H31N3O4/c1-4-30-23(28)21-17(2)20(18(3)26(21)16-19-8-6-5-7-9-19)22(27)24-10-11-25-12-14-29-15-13-25/h5-9H,4,10-16H2,1-3H3,(H,24,27). The van der Waals surface area contributed by atoms with E-state index in [4.69, 9.17) is 9.47 Å². The number of nitrogens with one attached hydrogen (secondary N) is 1. The molecule has 2 aromatic rings. The third-order valence-corrected chi connectivity index (χ3v) is 5.46. The molecule has 0 aliphatic carbocycles. The fraction of sp³-hybridized carbons (Fsp3) is 0.478. The Hall–Kier alpha value is -2.64. The molecule has 1 fully saturated rings. The molecule has 30 heavy (non-hydrogen) atoms. The van der Waals surface area contributed by atoms with Crippen molar-refractivity contribution in [2.45, 2.75) is 27.3 Å². The Morgan fingerprint density at radius 3 is 2.50 bits per heavy atom. The highest BCUT2D eigenvalue weighted by Gasteiger charge is 2.27. The molecule has 7 heteroatoms. The largest absolute Gasteiger partial charge is 0.461 e. The number of rotatable bonds is 8. The first-order valence-electron chi connectivity index (χ1n) is 10.5. The fourth-order valence-corrected chi connectivity index (χ4v) is 3.90. The zero-order valence-corrected chi connectivity index (χ0v) is 18.1. The number of nitrogens with zero attached hydrogens (tertiary/aromatic N) is 2. The number of morpholine rings is 1. The molecule has 7 nitrogen and oxygen atoms in total. The molecular weight excluding hydrogens is 382 g/mol. The quantitative estimate of drug-likeness (QED) is 0.673. The molecule has 0 bridgehead atoms. The molecule has 1 saturated heterocycles. The molecular formula is C23H31N3O4. The minimum absolute atomic E-state index is 0.157. The van der Waals surface area contributed by atoms with Crippen LogP contribution in [0.25, 0.3) is 0 Å². The molecule has 1 aromatic carbocycles. The first-order chi connectivity index (χ1) is 14.5. The lowest BCUT2D eigenvalue weighted by Gasteiger charge is -2.26. The predicted molar refractivity (Wildman–Crippen MR) is 115 cm³/mol. The van der Waals surface area contributed by atoms with Crippen molar-refractivity contribution in [2.24, 2.45) is 0 Å². The van der Waals surface area contributed by atoms with E-state index < -0.39 is 5.97 Å². The van der Waals surface area contributed by atoms with Gasteiger partial charge in [-0.25, -0.2) is 4.79 Å².